The van der Waals surface area contributed by atoms with E-state index in [-0.39, 0.29) is 0 Å². The summed E-state index contributed by atoms with van der Waals surface area (Å²) in [6, 6.07) is 5.59. The van der Waals surface area contributed by atoms with Crippen LogP contribution in [0.3, 0.4) is 0 Å². The highest BCUT2D eigenvalue weighted by Gasteiger charge is 2.10. The lowest BCUT2D eigenvalue weighted by atomic mass is 10.1. The molecule has 0 saturated heterocycles. The molecule has 0 radical (unpaired) electrons. The predicted molar refractivity (Wildman–Crippen MR) is 71.2 cm³/mol. The Morgan fingerprint density at radius 1 is 1.53 bits per heavy atom. The third kappa shape index (κ3) is 3.28. The van der Waals surface area contributed by atoms with Crippen LogP contribution >= 0.6 is 27.3 Å². The van der Waals surface area contributed by atoms with E-state index in [1.54, 1.807) is 12.4 Å². The van der Waals surface area contributed by atoms with E-state index < -0.39 is 6.10 Å². The summed E-state index contributed by atoms with van der Waals surface area (Å²) >= 11 is 4.93. The second-order valence-corrected chi connectivity index (χ2v) is 5.26. The fourth-order valence-electron chi connectivity index (χ4n) is 1.44. The first kappa shape index (κ1) is 12.5. The molecule has 1 aromatic carbocycles. The van der Waals surface area contributed by atoms with Crippen LogP contribution in [-0.4, -0.2) is 10.1 Å². The van der Waals surface area contributed by atoms with Crippen molar-refractivity contribution in [1.82, 2.24) is 4.98 Å². The van der Waals surface area contributed by atoms with Gasteiger partial charge in [0.15, 0.2) is 0 Å². The number of aromatic nitrogens is 1. The lowest BCUT2D eigenvalue weighted by molar-refractivity contribution is 0.190. The van der Waals surface area contributed by atoms with E-state index in [0.717, 1.165) is 15.7 Å². The first-order valence-corrected chi connectivity index (χ1v) is 6.88. The molecule has 1 N–H and O–H groups in total. The molecule has 1 heterocycles. The van der Waals surface area contributed by atoms with E-state index >= 15 is 0 Å². The van der Waals surface area contributed by atoms with Gasteiger partial charge in [-0.05, 0) is 19.1 Å². The number of hydrogen-bond donors (Lipinski definition) is 1. The summed E-state index contributed by atoms with van der Waals surface area (Å²) in [7, 11) is 0. The molecule has 0 spiro atoms. The van der Waals surface area contributed by atoms with Crippen LogP contribution in [0.4, 0.5) is 0 Å². The molecule has 0 saturated carbocycles. The van der Waals surface area contributed by atoms with Crippen LogP contribution in [0.5, 0.6) is 5.75 Å². The average molecular weight is 314 g/mol. The van der Waals surface area contributed by atoms with Gasteiger partial charge < -0.3 is 9.84 Å². The van der Waals surface area contributed by atoms with Crippen molar-refractivity contribution < 1.29 is 9.84 Å². The highest BCUT2D eigenvalue weighted by molar-refractivity contribution is 9.10. The molecule has 0 aliphatic rings. The summed E-state index contributed by atoms with van der Waals surface area (Å²) in [4.78, 5) is 4.15. The Morgan fingerprint density at radius 3 is 3.00 bits per heavy atom. The highest BCUT2D eigenvalue weighted by atomic mass is 79.9. The van der Waals surface area contributed by atoms with Gasteiger partial charge in [0.2, 0.25) is 0 Å². The molecule has 1 aromatic heterocycles. The Hall–Kier alpha value is -0.910. The average Bonchev–Trinajstić information content (AvgIpc) is 2.78. The largest absolute Gasteiger partial charge is 0.487 e. The van der Waals surface area contributed by atoms with Gasteiger partial charge in [0.25, 0.3) is 0 Å². The zero-order valence-corrected chi connectivity index (χ0v) is 11.7. The Bertz CT molecular complexity index is 485. The SMILES string of the molecule is CC(O)c1ccc(Br)cc1OCc1cscn1. The number of nitrogens with zero attached hydrogens (tertiary/aromatic N) is 1. The lowest BCUT2D eigenvalue weighted by Crippen LogP contribution is -2.01. The van der Waals surface area contributed by atoms with Gasteiger partial charge in [-0.2, -0.15) is 0 Å². The van der Waals surface area contributed by atoms with Crippen molar-refractivity contribution in [3.63, 3.8) is 0 Å². The van der Waals surface area contributed by atoms with Crippen LogP contribution in [0, 0.1) is 0 Å². The van der Waals surface area contributed by atoms with Gasteiger partial charge in [-0.15, -0.1) is 11.3 Å². The zero-order valence-electron chi connectivity index (χ0n) is 9.26. The van der Waals surface area contributed by atoms with Crippen molar-refractivity contribution in [1.29, 1.82) is 0 Å². The van der Waals surface area contributed by atoms with Crippen LogP contribution in [0.25, 0.3) is 0 Å². The highest BCUT2D eigenvalue weighted by Crippen LogP contribution is 2.29. The maximum Gasteiger partial charge on any atom is 0.131 e. The molecule has 2 rings (SSSR count). The molecular formula is C12H12BrNO2S. The lowest BCUT2D eigenvalue weighted by Gasteiger charge is -2.13. The molecule has 1 atom stereocenters. The normalized spacial score (nSPS) is 12.4. The number of aliphatic hydroxyl groups excluding tert-OH is 1. The molecule has 2 aromatic rings. The van der Waals surface area contributed by atoms with Crippen molar-refractivity contribution in [3.05, 3.63) is 44.8 Å². The number of benzene rings is 1. The van der Waals surface area contributed by atoms with Gasteiger partial charge in [0.05, 0.1) is 17.3 Å². The smallest absolute Gasteiger partial charge is 0.131 e. The van der Waals surface area contributed by atoms with Crippen LogP contribution in [0.1, 0.15) is 24.3 Å². The van der Waals surface area contributed by atoms with Gasteiger partial charge in [-0.25, -0.2) is 4.98 Å². The first-order chi connectivity index (χ1) is 8.16. The summed E-state index contributed by atoms with van der Waals surface area (Å²) in [6.45, 7) is 2.14. The summed E-state index contributed by atoms with van der Waals surface area (Å²) in [5, 5.41) is 11.6. The molecular weight excluding hydrogens is 302 g/mol. The summed E-state index contributed by atoms with van der Waals surface area (Å²) in [5.74, 6) is 0.683. The second kappa shape index (κ2) is 5.62. The van der Waals surface area contributed by atoms with E-state index in [4.69, 9.17) is 4.74 Å². The van der Waals surface area contributed by atoms with Crippen LogP contribution < -0.4 is 4.74 Å². The monoisotopic (exact) mass is 313 g/mol. The number of rotatable bonds is 4. The molecule has 90 valence electrons. The Balaban J connectivity index is 2.16. The molecule has 0 fully saturated rings. The predicted octanol–water partition coefficient (Wildman–Crippen LogP) is 3.54. The standard InChI is InChI=1S/C12H12BrNO2S/c1-8(15)11-3-2-9(13)4-12(11)16-5-10-6-17-7-14-10/h2-4,6-8,15H,5H2,1H3. The van der Waals surface area contributed by atoms with E-state index in [0.29, 0.717) is 12.4 Å². The molecule has 0 aliphatic heterocycles. The minimum atomic E-state index is -0.548. The van der Waals surface area contributed by atoms with Crippen LogP contribution in [0.2, 0.25) is 0 Å². The third-order valence-corrected chi connectivity index (χ3v) is 3.41. The minimum absolute atomic E-state index is 0.416. The molecule has 0 bridgehead atoms. The van der Waals surface area contributed by atoms with Crippen LogP contribution in [-0.2, 0) is 6.61 Å². The van der Waals surface area contributed by atoms with Crippen molar-refractivity contribution in [2.24, 2.45) is 0 Å². The zero-order chi connectivity index (χ0) is 12.3. The topological polar surface area (TPSA) is 42.4 Å². The van der Waals surface area contributed by atoms with Gasteiger partial charge in [0.1, 0.15) is 12.4 Å². The molecule has 17 heavy (non-hydrogen) atoms. The summed E-state index contributed by atoms with van der Waals surface area (Å²) < 4.78 is 6.60. The third-order valence-electron chi connectivity index (χ3n) is 2.28. The maximum atomic E-state index is 9.64. The molecule has 5 heteroatoms. The summed E-state index contributed by atoms with van der Waals surface area (Å²) in [6.07, 6.45) is -0.548. The minimum Gasteiger partial charge on any atom is -0.487 e. The van der Waals surface area contributed by atoms with Gasteiger partial charge in [-0.3, -0.25) is 0 Å². The van der Waals surface area contributed by atoms with Gasteiger partial charge >= 0.3 is 0 Å². The second-order valence-electron chi connectivity index (χ2n) is 3.63. The fourth-order valence-corrected chi connectivity index (χ4v) is 2.32. The van der Waals surface area contributed by atoms with E-state index in [9.17, 15) is 5.11 Å². The van der Waals surface area contributed by atoms with Crippen molar-refractivity contribution in [3.8, 4) is 5.75 Å². The van der Waals surface area contributed by atoms with E-state index in [1.807, 2.05) is 23.6 Å². The number of ether oxygens (including phenoxy) is 1. The number of aliphatic hydroxyl groups is 1. The van der Waals surface area contributed by atoms with Crippen molar-refractivity contribution in [2.45, 2.75) is 19.6 Å². The Morgan fingerprint density at radius 2 is 2.35 bits per heavy atom. The molecule has 3 nitrogen and oxygen atoms in total. The maximum absolute atomic E-state index is 9.64. The summed E-state index contributed by atoms with van der Waals surface area (Å²) in [5.41, 5.74) is 3.45. The van der Waals surface area contributed by atoms with E-state index in [1.165, 1.54) is 11.3 Å². The van der Waals surface area contributed by atoms with Crippen molar-refractivity contribution >= 4 is 27.3 Å². The van der Waals surface area contributed by atoms with Crippen LogP contribution in [0.15, 0.2) is 33.6 Å². The van der Waals surface area contributed by atoms with E-state index in [2.05, 4.69) is 20.9 Å². The molecule has 0 aliphatic carbocycles. The quantitative estimate of drug-likeness (QED) is 0.938. The Labute approximate surface area is 112 Å². The number of thiazole rings is 1. The van der Waals surface area contributed by atoms with Gasteiger partial charge in [0, 0.05) is 15.4 Å². The Kier molecular flexibility index (Phi) is 4.15. The number of halogens is 1. The number of hydrogen-bond acceptors (Lipinski definition) is 4. The fraction of sp³-hybridized carbons (Fsp3) is 0.250. The van der Waals surface area contributed by atoms with Crippen molar-refractivity contribution in [2.75, 3.05) is 0 Å². The first-order valence-electron chi connectivity index (χ1n) is 5.14. The molecule has 1 unspecified atom stereocenters. The van der Waals surface area contributed by atoms with Gasteiger partial charge in [-0.1, -0.05) is 22.0 Å². The molecule has 0 amide bonds.